The molecule has 2 unspecified atom stereocenters. The third-order valence-corrected chi connectivity index (χ3v) is 4.53. The molecule has 2 nitrogen and oxygen atoms in total. The lowest BCUT2D eigenvalue weighted by molar-refractivity contribution is -0.125. The van der Waals surface area contributed by atoms with Crippen molar-refractivity contribution in [1.82, 2.24) is 0 Å². The maximum atomic E-state index is 11.3. The normalized spacial score (nSPS) is 25.7. The van der Waals surface area contributed by atoms with Crippen LogP contribution in [-0.2, 0) is 9.59 Å². The fourth-order valence-electron chi connectivity index (χ4n) is 3.19. The molecule has 0 aromatic heterocycles. The van der Waals surface area contributed by atoms with E-state index in [1.165, 1.54) is 12.8 Å². The van der Waals surface area contributed by atoms with Gasteiger partial charge in [-0.15, -0.1) is 13.2 Å². The van der Waals surface area contributed by atoms with Crippen LogP contribution in [0.15, 0.2) is 25.3 Å². The van der Waals surface area contributed by atoms with Crippen LogP contribution in [0.4, 0.5) is 0 Å². The number of carbonyl (C=O) groups excluding carboxylic acids is 2. The molecular weight excluding hydrogens is 260 g/mol. The third kappa shape index (κ3) is 6.88. The SMILES string of the molecule is C=CCC1CCCCC1=O.C=CCCC1CCCCC1=O. The van der Waals surface area contributed by atoms with Crippen molar-refractivity contribution in [2.75, 3.05) is 0 Å². The summed E-state index contributed by atoms with van der Waals surface area (Å²) >= 11 is 0. The molecule has 2 heteroatoms. The van der Waals surface area contributed by atoms with Crippen molar-refractivity contribution in [3.8, 4) is 0 Å². The van der Waals surface area contributed by atoms with E-state index in [0.29, 0.717) is 23.4 Å². The van der Waals surface area contributed by atoms with Gasteiger partial charge >= 0.3 is 0 Å². The Balaban J connectivity index is 0.000000211. The van der Waals surface area contributed by atoms with Crippen molar-refractivity contribution in [1.29, 1.82) is 0 Å². The molecular formula is C19H30O2. The highest BCUT2D eigenvalue weighted by Crippen LogP contribution is 2.24. The van der Waals surface area contributed by atoms with Gasteiger partial charge in [0.05, 0.1) is 0 Å². The number of hydrogen-bond donors (Lipinski definition) is 0. The molecule has 2 saturated carbocycles. The summed E-state index contributed by atoms with van der Waals surface area (Å²) in [6.45, 7) is 7.30. The number of rotatable bonds is 5. The van der Waals surface area contributed by atoms with E-state index in [-0.39, 0.29) is 0 Å². The van der Waals surface area contributed by atoms with E-state index >= 15 is 0 Å². The molecule has 2 aliphatic rings. The number of ketones is 2. The zero-order valence-corrected chi connectivity index (χ0v) is 13.3. The maximum Gasteiger partial charge on any atom is 0.136 e. The van der Waals surface area contributed by atoms with Crippen molar-refractivity contribution in [2.24, 2.45) is 11.8 Å². The van der Waals surface area contributed by atoms with Crippen molar-refractivity contribution in [3.05, 3.63) is 25.3 Å². The minimum atomic E-state index is 0.311. The summed E-state index contributed by atoms with van der Waals surface area (Å²) in [5.74, 6) is 1.61. The van der Waals surface area contributed by atoms with Crippen LogP contribution in [-0.4, -0.2) is 11.6 Å². The average molecular weight is 290 g/mol. The monoisotopic (exact) mass is 290 g/mol. The molecule has 0 aromatic rings. The van der Waals surface area contributed by atoms with E-state index in [1.807, 2.05) is 12.2 Å². The molecule has 0 N–H and O–H groups in total. The van der Waals surface area contributed by atoms with Gasteiger partial charge in [0, 0.05) is 24.7 Å². The van der Waals surface area contributed by atoms with Gasteiger partial charge in [-0.25, -0.2) is 0 Å². The van der Waals surface area contributed by atoms with Crippen LogP contribution < -0.4 is 0 Å². The molecule has 2 atom stereocenters. The minimum Gasteiger partial charge on any atom is -0.299 e. The molecule has 2 aliphatic carbocycles. The summed E-state index contributed by atoms with van der Waals surface area (Å²) in [4.78, 5) is 22.4. The topological polar surface area (TPSA) is 34.1 Å². The summed E-state index contributed by atoms with van der Waals surface area (Å²) < 4.78 is 0. The van der Waals surface area contributed by atoms with Crippen molar-refractivity contribution >= 4 is 11.6 Å². The first-order chi connectivity index (χ1) is 10.2. The van der Waals surface area contributed by atoms with Gasteiger partial charge in [-0.05, 0) is 44.9 Å². The highest BCUT2D eigenvalue weighted by molar-refractivity contribution is 5.82. The Morgan fingerprint density at radius 1 is 0.857 bits per heavy atom. The average Bonchev–Trinajstić information content (AvgIpc) is 2.50. The number of hydrogen-bond acceptors (Lipinski definition) is 2. The van der Waals surface area contributed by atoms with Crippen molar-refractivity contribution in [2.45, 2.75) is 70.6 Å². The molecule has 0 bridgehead atoms. The molecule has 0 heterocycles. The van der Waals surface area contributed by atoms with Gasteiger partial charge in [-0.1, -0.05) is 25.0 Å². The molecule has 21 heavy (non-hydrogen) atoms. The van der Waals surface area contributed by atoms with E-state index < -0.39 is 0 Å². The zero-order chi connectivity index (χ0) is 15.5. The van der Waals surface area contributed by atoms with Gasteiger partial charge in [0.2, 0.25) is 0 Å². The summed E-state index contributed by atoms with van der Waals surface area (Å²) in [5, 5.41) is 0. The molecule has 118 valence electrons. The van der Waals surface area contributed by atoms with Crippen LogP contribution in [0.5, 0.6) is 0 Å². The van der Waals surface area contributed by atoms with Crippen LogP contribution in [0, 0.1) is 11.8 Å². The quantitative estimate of drug-likeness (QED) is 0.665. The first kappa shape index (κ1) is 17.9. The lowest BCUT2D eigenvalue weighted by atomic mass is 9.85. The summed E-state index contributed by atoms with van der Waals surface area (Å²) in [6, 6.07) is 0. The van der Waals surface area contributed by atoms with Gasteiger partial charge in [-0.3, -0.25) is 9.59 Å². The standard InChI is InChI=1S/C10H16O.C9H14O/c1-2-3-6-9-7-4-5-8-10(9)11;1-2-5-8-6-3-4-7-9(8)10/h2,9H,1,3-8H2;2,8H,1,3-7H2. The fraction of sp³-hybridized carbons (Fsp3) is 0.684. The van der Waals surface area contributed by atoms with E-state index in [1.54, 1.807) is 0 Å². The lowest BCUT2D eigenvalue weighted by Crippen LogP contribution is -2.18. The van der Waals surface area contributed by atoms with Gasteiger partial charge in [0.25, 0.3) is 0 Å². The van der Waals surface area contributed by atoms with Gasteiger partial charge in [0.1, 0.15) is 11.6 Å². The largest absolute Gasteiger partial charge is 0.299 e. The minimum absolute atomic E-state index is 0.311. The molecule has 2 fully saturated rings. The van der Waals surface area contributed by atoms with E-state index in [2.05, 4.69) is 13.2 Å². The summed E-state index contributed by atoms with van der Waals surface area (Å²) in [5.41, 5.74) is 0. The molecule has 0 aromatic carbocycles. The van der Waals surface area contributed by atoms with Crippen LogP contribution in [0.25, 0.3) is 0 Å². The molecule has 0 aliphatic heterocycles. The van der Waals surface area contributed by atoms with Gasteiger partial charge in [0.15, 0.2) is 0 Å². The smallest absolute Gasteiger partial charge is 0.136 e. The second-order valence-electron chi connectivity index (χ2n) is 6.21. The van der Waals surface area contributed by atoms with E-state index in [9.17, 15) is 9.59 Å². The van der Waals surface area contributed by atoms with Crippen molar-refractivity contribution < 1.29 is 9.59 Å². The Morgan fingerprint density at radius 3 is 1.90 bits per heavy atom. The Bertz CT molecular complexity index is 357. The first-order valence-electron chi connectivity index (χ1n) is 8.46. The summed E-state index contributed by atoms with van der Waals surface area (Å²) in [6.07, 6.45) is 15.2. The van der Waals surface area contributed by atoms with Crippen molar-refractivity contribution in [3.63, 3.8) is 0 Å². The van der Waals surface area contributed by atoms with Crippen LogP contribution in [0.1, 0.15) is 70.6 Å². The zero-order valence-electron chi connectivity index (χ0n) is 13.3. The van der Waals surface area contributed by atoms with Crippen LogP contribution in [0.2, 0.25) is 0 Å². The van der Waals surface area contributed by atoms with Crippen LogP contribution >= 0.6 is 0 Å². The maximum absolute atomic E-state index is 11.3. The Hall–Kier alpha value is -1.18. The van der Waals surface area contributed by atoms with Crippen LogP contribution in [0.3, 0.4) is 0 Å². The second-order valence-corrected chi connectivity index (χ2v) is 6.21. The highest BCUT2D eigenvalue weighted by atomic mass is 16.1. The Labute approximate surface area is 129 Å². The predicted octanol–water partition coefficient (Wildman–Crippen LogP) is 5.03. The molecule has 2 rings (SSSR count). The molecule has 0 spiro atoms. The molecule has 0 radical (unpaired) electrons. The van der Waals surface area contributed by atoms with E-state index in [4.69, 9.17) is 0 Å². The lowest BCUT2D eigenvalue weighted by Gasteiger charge is -2.19. The molecule has 0 saturated heterocycles. The third-order valence-electron chi connectivity index (χ3n) is 4.53. The van der Waals surface area contributed by atoms with Gasteiger partial charge in [-0.2, -0.15) is 0 Å². The second kappa shape index (κ2) is 10.5. The predicted molar refractivity (Wildman–Crippen MR) is 88.2 cm³/mol. The highest BCUT2D eigenvalue weighted by Gasteiger charge is 2.21. The van der Waals surface area contributed by atoms with E-state index in [0.717, 1.165) is 57.8 Å². The van der Waals surface area contributed by atoms with Gasteiger partial charge < -0.3 is 0 Å². The Morgan fingerprint density at radius 2 is 1.43 bits per heavy atom. The first-order valence-corrected chi connectivity index (χ1v) is 8.46. The number of carbonyl (C=O) groups is 2. The number of Topliss-reactive ketones (excluding diaryl/α,β-unsaturated/α-hetero) is 2. The molecule has 0 amide bonds. The summed E-state index contributed by atoms with van der Waals surface area (Å²) in [7, 11) is 0. The Kier molecular flexibility index (Phi) is 8.96. The fourth-order valence-corrected chi connectivity index (χ4v) is 3.19. The number of allylic oxidation sites excluding steroid dienone is 2.